The largest absolute Gasteiger partial charge is 0.483 e. The Labute approximate surface area is 203 Å². The zero-order valence-electron chi connectivity index (χ0n) is 19.9. The first-order chi connectivity index (χ1) is 16.8. The number of amides is 2. The molecule has 0 radical (unpaired) electrons. The Bertz CT molecular complexity index is 1280. The van der Waals surface area contributed by atoms with Gasteiger partial charge in [-0.1, -0.05) is 30.3 Å². The molecule has 8 heteroatoms. The maximum absolute atomic E-state index is 13.5. The summed E-state index contributed by atoms with van der Waals surface area (Å²) in [7, 11) is 0. The second kappa shape index (κ2) is 8.94. The van der Waals surface area contributed by atoms with Crippen LogP contribution in [0.5, 0.6) is 17.2 Å². The minimum absolute atomic E-state index is 0.164. The van der Waals surface area contributed by atoms with Gasteiger partial charge in [-0.05, 0) is 55.7 Å². The minimum Gasteiger partial charge on any atom is -0.483 e. The Hall–Kier alpha value is -4.07. The molecular weight excluding hydrogens is 446 g/mol. The van der Waals surface area contributed by atoms with Crippen molar-refractivity contribution in [2.24, 2.45) is 0 Å². The summed E-state index contributed by atoms with van der Waals surface area (Å²) in [6, 6.07) is 14.4. The molecule has 1 atom stereocenters. The van der Waals surface area contributed by atoms with Gasteiger partial charge in [0.2, 0.25) is 12.7 Å². The van der Waals surface area contributed by atoms with Crippen LogP contribution in [0, 0.1) is 0 Å². The molecule has 3 heterocycles. The normalized spacial score (nSPS) is 16.8. The summed E-state index contributed by atoms with van der Waals surface area (Å²) in [6.07, 6.45) is 3.18. The lowest BCUT2D eigenvalue weighted by atomic mass is 9.97. The van der Waals surface area contributed by atoms with E-state index in [1.807, 2.05) is 63.2 Å². The third kappa shape index (κ3) is 4.64. The first-order valence-corrected chi connectivity index (χ1v) is 11.5. The molecule has 5 rings (SSSR count). The van der Waals surface area contributed by atoms with E-state index < -0.39 is 11.6 Å². The van der Waals surface area contributed by atoms with Crippen molar-refractivity contribution in [2.45, 2.75) is 38.9 Å². The molecule has 8 nitrogen and oxygen atoms in total. The molecule has 0 saturated carbocycles. The van der Waals surface area contributed by atoms with E-state index in [1.54, 1.807) is 23.4 Å². The van der Waals surface area contributed by atoms with Crippen molar-refractivity contribution >= 4 is 11.8 Å². The summed E-state index contributed by atoms with van der Waals surface area (Å²) in [5, 5.41) is 3.02. The van der Waals surface area contributed by atoms with E-state index >= 15 is 0 Å². The van der Waals surface area contributed by atoms with E-state index in [9.17, 15) is 9.59 Å². The molecule has 0 spiro atoms. The van der Waals surface area contributed by atoms with Crippen LogP contribution in [0.15, 0.2) is 60.9 Å². The van der Waals surface area contributed by atoms with Gasteiger partial charge >= 0.3 is 0 Å². The molecule has 180 valence electrons. The average Bonchev–Trinajstić information content (AvgIpc) is 3.24. The van der Waals surface area contributed by atoms with Crippen molar-refractivity contribution in [2.75, 3.05) is 13.4 Å². The summed E-state index contributed by atoms with van der Waals surface area (Å²) in [5.74, 6) is 1.30. The number of carbonyl (C=O) groups excluding carboxylic acids is 2. The van der Waals surface area contributed by atoms with Crippen LogP contribution < -0.4 is 19.5 Å². The van der Waals surface area contributed by atoms with Gasteiger partial charge in [0.05, 0.1) is 0 Å². The van der Waals surface area contributed by atoms with E-state index in [2.05, 4.69) is 10.3 Å². The van der Waals surface area contributed by atoms with Crippen LogP contribution in [0.1, 0.15) is 37.9 Å². The quantitative estimate of drug-likeness (QED) is 0.619. The maximum atomic E-state index is 13.5. The van der Waals surface area contributed by atoms with Crippen molar-refractivity contribution in [3.63, 3.8) is 0 Å². The van der Waals surface area contributed by atoms with Crippen molar-refractivity contribution < 1.29 is 23.8 Å². The van der Waals surface area contributed by atoms with Crippen LogP contribution in [-0.4, -0.2) is 40.6 Å². The van der Waals surface area contributed by atoms with Crippen molar-refractivity contribution in [3.05, 3.63) is 72.1 Å². The third-order valence-electron chi connectivity index (χ3n) is 5.88. The summed E-state index contributed by atoms with van der Waals surface area (Å²) in [4.78, 5) is 32.7. The van der Waals surface area contributed by atoms with Gasteiger partial charge in [0.1, 0.15) is 11.8 Å². The Morgan fingerprint density at radius 1 is 1.06 bits per heavy atom. The Kier molecular flexibility index (Phi) is 5.80. The predicted octanol–water partition coefficient (Wildman–Crippen LogP) is 3.85. The molecule has 2 aliphatic rings. The lowest BCUT2D eigenvalue weighted by Gasteiger charge is -2.32. The van der Waals surface area contributed by atoms with E-state index in [1.165, 1.54) is 0 Å². The van der Waals surface area contributed by atoms with Gasteiger partial charge in [0.15, 0.2) is 18.1 Å². The molecule has 1 N–H and O–H groups in total. The zero-order valence-corrected chi connectivity index (χ0v) is 19.9. The number of ether oxygens (including phenoxy) is 3. The SMILES string of the molecule is CC(C)(C)NC(=O)C1c2cnccc2OCC(=O)N1Cc1ccccc1-c1ccc2c(c1)OCO2. The minimum atomic E-state index is -0.891. The second-order valence-corrected chi connectivity index (χ2v) is 9.59. The predicted molar refractivity (Wildman–Crippen MR) is 129 cm³/mol. The summed E-state index contributed by atoms with van der Waals surface area (Å²) in [5.41, 5.74) is 2.83. The number of hydrogen-bond acceptors (Lipinski definition) is 6. The number of fused-ring (bicyclic) bond motifs is 2. The number of nitrogens with zero attached hydrogens (tertiary/aromatic N) is 2. The zero-order chi connectivity index (χ0) is 24.6. The van der Waals surface area contributed by atoms with Gasteiger partial charge in [-0.25, -0.2) is 0 Å². The van der Waals surface area contributed by atoms with Crippen LogP contribution in [0.2, 0.25) is 0 Å². The topological polar surface area (TPSA) is 90.0 Å². The standard InChI is InChI=1S/C27H27N3O5/c1-27(2,3)29-26(32)25-20-13-28-11-10-21(20)33-15-24(31)30(25)14-18-6-4-5-7-19(18)17-8-9-22-23(12-17)35-16-34-22/h4-13,25H,14-16H2,1-3H3,(H,29,32). The van der Waals surface area contributed by atoms with E-state index in [-0.39, 0.29) is 31.8 Å². The second-order valence-electron chi connectivity index (χ2n) is 9.59. The monoisotopic (exact) mass is 473 g/mol. The van der Waals surface area contributed by atoms with Gasteiger partial charge in [-0.15, -0.1) is 0 Å². The fraction of sp³-hybridized carbons (Fsp3) is 0.296. The van der Waals surface area contributed by atoms with Crippen LogP contribution in [0.25, 0.3) is 11.1 Å². The molecule has 0 aliphatic carbocycles. The molecule has 35 heavy (non-hydrogen) atoms. The maximum Gasteiger partial charge on any atom is 0.261 e. The number of carbonyl (C=O) groups is 2. The molecule has 2 aliphatic heterocycles. The van der Waals surface area contributed by atoms with Crippen LogP contribution in [0.3, 0.4) is 0 Å². The first-order valence-electron chi connectivity index (χ1n) is 11.5. The van der Waals surface area contributed by atoms with E-state index in [0.29, 0.717) is 22.8 Å². The fourth-order valence-electron chi connectivity index (χ4n) is 4.35. The van der Waals surface area contributed by atoms with Gasteiger partial charge in [-0.2, -0.15) is 0 Å². The third-order valence-corrected chi connectivity index (χ3v) is 5.88. The molecule has 2 amide bonds. The molecular formula is C27H27N3O5. The highest BCUT2D eigenvalue weighted by atomic mass is 16.7. The highest BCUT2D eigenvalue weighted by molar-refractivity contribution is 5.91. The van der Waals surface area contributed by atoms with Crippen molar-refractivity contribution in [1.29, 1.82) is 0 Å². The number of pyridine rings is 1. The fourth-order valence-corrected chi connectivity index (χ4v) is 4.35. The highest BCUT2D eigenvalue weighted by Crippen LogP contribution is 2.38. The molecule has 1 aromatic heterocycles. The molecule has 3 aromatic rings. The Balaban J connectivity index is 1.55. The van der Waals surface area contributed by atoms with Gasteiger partial charge in [-0.3, -0.25) is 14.6 Å². The average molecular weight is 474 g/mol. The summed E-state index contributed by atoms with van der Waals surface area (Å²) >= 11 is 0. The van der Waals surface area contributed by atoms with E-state index in [4.69, 9.17) is 14.2 Å². The Morgan fingerprint density at radius 3 is 2.69 bits per heavy atom. The number of hydrogen-bond donors (Lipinski definition) is 1. The highest BCUT2D eigenvalue weighted by Gasteiger charge is 2.38. The van der Waals surface area contributed by atoms with Gasteiger partial charge < -0.3 is 24.4 Å². The molecule has 1 unspecified atom stereocenters. The Morgan fingerprint density at radius 2 is 1.86 bits per heavy atom. The van der Waals surface area contributed by atoms with E-state index in [0.717, 1.165) is 16.7 Å². The van der Waals surface area contributed by atoms with Crippen molar-refractivity contribution in [3.8, 4) is 28.4 Å². The van der Waals surface area contributed by atoms with Crippen LogP contribution in [-0.2, 0) is 16.1 Å². The number of aromatic nitrogens is 1. The number of nitrogens with one attached hydrogen (secondary N) is 1. The first kappa shape index (κ1) is 22.7. The molecule has 2 aromatic carbocycles. The van der Waals surface area contributed by atoms with Crippen LogP contribution >= 0.6 is 0 Å². The van der Waals surface area contributed by atoms with Crippen molar-refractivity contribution in [1.82, 2.24) is 15.2 Å². The van der Waals surface area contributed by atoms with Crippen LogP contribution in [0.4, 0.5) is 0 Å². The summed E-state index contributed by atoms with van der Waals surface area (Å²) < 4.78 is 16.8. The molecule has 0 saturated heterocycles. The number of rotatable bonds is 4. The number of benzene rings is 2. The lowest BCUT2D eigenvalue weighted by molar-refractivity contribution is -0.142. The van der Waals surface area contributed by atoms with Gasteiger partial charge in [0.25, 0.3) is 5.91 Å². The lowest BCUT2D eigenvalue weighted by Crippen LogP contribution is -2.49. The molecule has 0 bridgehead atoms. The summed E-state index contributed by atoms with van der Waals surface area (Å²) in [6.45, 7) is 5.96. The smallest absolute Gasteiger partial charge is 0.261 e. The van der Waals surface area contributed by atoms with Gasteiger partial charge in [0, 0.05) is 30.0 Å². The molecule has 0 fully saturated rings.